The van der Waals surface area contributed by atoms with Crippen molar-refractivity contribution < 1.29 is 9.59 Å². The van der Waals surface area contributed by atoms with Crippen molar-refractivity contribution in [2.45, 2.75) is 19.3 Å². The topological polar surface area (TPSA) is 75.2 Å². The summed E-state index contributed by atoms with van der Waals surface area (Å²) in [5.74, 6) is -0.195. The van der Waals surface area contributed by atoms with Crippen LogP contribution in [-0.4, -0.2) is 28.6 Å². The van der Waals surface area contributed by atoms with Crippen LogP contribution in [-0.2, 0) is 4.79 Å². The van der Waals surface area contributed by atoms with Crippen LogP contribution in [0.2, 0.25) is 0 Å². The SMILES string of the molecule is Cc1ccc(N2C[C@H](c3nnc(NC(=O)c4cccc(Br)c4)s3)CC2=O)cc1. The van der Waals surface area contributed by atoms with Crippen molar-refractivity contribution in [1.82, 2.24) is 10.2 Å². The van der Waals surface area contributed by atoms with E-state index in [0.29, 0.717) is 23.7 Å². The number of aryl methyl sites for hydroxylation is 1. The summed E-state index contributed by atoms with van der Waals surface area (Å²) >= 11 is 4.67. The Bertz CT molecular complexity index is 1030. The highest BCUT2D eigenvalue weighted by molar-refractivity contribution is 9.10. The summed E-state index contributed by atoms with van der Waals surface area (Å²) in [5, 5.41) is 12.2. The fourth-order valence-electron chi connectivity index (χ4n) is 3.10. The summed E-state index contributed by atoms with van der Waals surface area (Å²) in [6.45, 7) is 2.58. The van der Waals surface area contributed by atoms with Crippen molar-refractivity contribution in [3.05, 3.63) is 69.1 Å². The molecule has 28 heavy (non-hydrogen) atoms. The summed E-state index contributed by atoms with van der Waals surface area (Å²) in [5.41, 5.74) is 2.58. The fraction of sp³-hybridized carbons (Fsp3) is 0.200. The standard InChI is InChI=1S/C20H17BrN4O2S/c1-12-5-7-16(8-6-12)25-11-14(10-17(25)26)19-23-24-20(28-19)22-18(27)13-3-2-4-15(21)9-13/h2-9,14H,10-11H2,1H3,(H,22,24,27)/t14-/m1/s1. The second-order valence-electron chi connectivity index (χ2n) is 6.65. The number of hydrogen-bond acceptors (Lipinski definition) is 5. The Labute approximate surface area is 174 Å². The van der Waals surface area contributed by atoms with Crippen molar-refractivity contribution in [2.75, 3.05) is 16.8 Å². The number of amides is 2. The van der Waals surface area contributed by atoms with Gasteiger partial charge in [-0.3, -0.25) is 14.9 Å². The third-order valence-corrected chi connectivity index (χ3v) is 6.06. The van der Waals surface area contributed by atoms with E-state index in [1.165, 1.54) is 11.3 Å². The van der Waals surface area contributed by atoms with Gasteiger partial charge in [0.1, 0.15) is 5.01 Å². The Morgan fingerprint density at radius 2 is 2.00 bits per heavy atom. The molecule has 1 aliphatic rings. The molecule has 142 valence electrons. The van der Waals surface area contributed by atoms with Crippen LogP contribution in [0.4, 0.5) is 10.8 Å². The fourth-order valence-corrected chi connectivity index (χ4v) is 4.33. The van der Waals surface area contributed by atoms with E-state index < -0.39 is 0 Å². The van der Waals surface area contributed by atoms with Crippen molar-refractivity contribution in [3.63, 3.8) is 0 Å². The Morgan fingerprint density at radius 1 is 1.21 bits per heavy atom. The number of carbonyl (C=O) groups excluding carboxylic acids is 2. The lowest BCUT2D eigenvalue weighted by molar-refractivity contribution is -0.117. The number of benzene rings is 2. The van der Waals surface area contributed by atoms with E-state index in [1.54, 1.807) is 23.1 Å². The molecule has 8 heteroatoms. The maximum atomic E-state index is 12.5. The monoisotopic (exact) mass is 456 g/mol. The smallest absolute Gasteiger partial charge is 0.257 e. The number of nitrogens with one attached hydrogen (secondary N) is 1. The molecule has 1 aliphatic heterocycles. The third kappa shape index (κ3) is 3.98. The van der Waals surface area contributed by atoms with Gasteiger partial charge in [0.2, 0.25) is 11.0 Å². The van der Waals surface area contributed by atoms with E-state index in [-0.39, 0.29) is 17.7 Å². The largest absolute Gasteiger partial charge is 0.312 e. The Kier molecular flexibility index (Phi) is 5.23. The highest BCUT2D eigenvalue weighted by Crippen LogP contribution is 2.34. The number of anilines is 2. The maximum Gasteiger partial charge on any atom is 0.257 e. The van der Waals surface area contributed by atoms with Gasteiger partial charge in [-0.25, -0.2) is 0 Å². The van der Waals surface area contributed by atoms with Crippen molar-refractivity contribution in [1.29, 1.82) is 0 Å². The predicted molar refractivity (Wildman–Crippen MR) is 113 cm³/mol. The van der Waals surface area contributed by atoms with Crippen molar-refractivity contribution in [3.8, 4) is 0 Å². The zero-order valence-corrected chi connectivity index (χ0v) is 17.5. The van der Waals surface area contributed by atoms with Crippen LogP contribution in [0.25, 0.3) is 0 Å². The van der Waals surface area contributed by atoms with Crippen molar-refractivity contribution in [2.24, 2.45) is 0 Å². The van der Waals surface area contributed by atoms with E-state index in [4.69, 9.17) is 0 Å². The van der Waals surface area contributed by atoms with E-state index in [9.17, 15) is 9.59 Å². The van der Waals surface area contributed by atoms with Crippen LogP contribution in [0.15, 0.2) is 53.0 Å². The summed E-state index contributed by atoms with van der Waals surface area (Å²) in [6.07, 6.45) is 0.391. The molecule has 6 nitrogen and oxygen atoms in total. The van der Waals surface area contributed by atoms with Gasteiger partial charge in [-0.1, -0.05) is 51.0 Å². The number of carbonyl (C=O) groups is 2. The first-order valence-electron chi connectivity index (χ1n) is 8.77. The van der Waals surface area contributed by atoms with Gasteiger partial charge in [-0.2, -0.15) is 0 Å². The lowest BCUT2D eigenvalue weighted by atomic mass is 10.1. The van der Waals surface area contributed by atoms with Crippen LogP contribution in [0, 0.1) is 6.92 Å². The molecule has 1 saturated heterocycles. The van der Waals surface area contributed by atoms with Gasteiger partial charge in [0.05, 0.1) is 0 Å². The second-order valence-corrected chi connectivity index (χ2v) is 8.58. The van der Waals surface area contributed by atoms with Crippen LogP contribution >= 0.6 is 27.3 Å². The summed E-state index contributed by atoms with van der Waals surface area (Å²) < 4.78 is 0.832. The maximum absolute atomic E-state index is 12.5. The molecule has 1 aromatic heterocycles. The van der Waals surface area contributed by atoms with Crippen LogP contribution in [0.5, 0.6) is 0 Å². The molecule has 1 atom stereocenters. The average molecular weight is 457 g/mol. The van der Waals surface area contributed by atoms with Gasteiger partial charge in [0.15, 0.2) is 0 Å². The lowest BCUT2D eigenvalue weighted by Crippen LogP contribution is -2.24. The van der Waals surface area contributed by atoms with Gasteiger partial charge < -0.3 is 4.90 Å². The number of hydrogen-bond donors (Lipinski definition) is 1. The highest BCUT2D eigenvalue weighted by Gasteiger charge is 2.34. The Hall–Kier alpha value is -2.58. The summed E-state index contributed by atoms with van der Waals surface area (Å²) in [7, 11) is 0. The first-order valence-corrected chi connectivity index (χ1v) is 10.4. The first-order chi connectivity index (χ1) is 13.5. The molecule has 4 rings (SSSR count). The minimum Gasteiger partial charge on any atom is -0.312 e. The number of aromatic nitrogens is 2. The van der Waals surface area contributed by atoms with Crippen LogP contribution in [0.1, 0.15) is 33.3 Å². The van der Waals surface area contributed by atoms with Gasteiger partial charge >= 0.3 is 0 Å². The van der Waals surface area contributed by atoms with E-state index in [0.717, 1.165) is 20.7 Å². The van der Waals surface area contributed by atoms with E-state index in [2.05, 4.69) is 31.4 Å². The Balaban J connectivity index is 1.45. The van der Waals surface area contributed by atoms with Gasteiger partial charge in [0, 0.05) is 34.6 Å². The van der Waals surface area contributed by atoms with E-state index in [1.807, 2.05) is 37.3 Å². The molecule has 0 bridgehead atoms. The zero-order valence-electron chi connectivity index (χ0n) is 15.1. The highest BCUT2D eigenvalue weighted by atomic mass is 79.9. The minimum atomic E-state index is -0.243. The quantitative estimate of drug-likeness (QED) is 0.631. The van der Waals surface area contributed by atoms with Gasteiger partial charge in [0.25, 0.3) is 5.91 Å². The summed E-state index contributed by atoms with van der Waals surface area (Å²) in [4.78, 5) is 26.6. The molecule has 0 saturated carbocycles. The van der Waals surface area contributed by atoms with Gasteiger partial charge in [-0.15, -0.1) is 10.2 Å². The number of rotatable bonds is 4. The second kappa shape index (κ2) is 7.81. The minimum absolute atomic E-state index is 0.0252. The van der Waals surface area contributed by atoms with Gasteiger partial charge in [-0.05, 0) is 37.3 Å². The molecule has 3 aromatic rings. The van der Waals surface area contributed by atoms with Crippen molar-refractivity contribution >= 4 is 49.9 Å². The molecular formula is C20H17BrN4O2S. The number of nitrogens with zero attached hydrogens (tertiary/aromatic N) is 3. The molecule has 0 spiro atoms. The molecule has 2 amide bonds. The molecule has 1 N–H and O–H groups in total. The Morgan fingerprint density at radius 3 is 2.75 bits per heavy atom. The zero-order chi connectivity index (χ0) is 19.7. The predicted octanol–water partition coefficient (Wildman–Crippen LogP) is 4.38. The van der Waals surface area contributed by atoms with Crippen LogP contribution < -0.4 is 10.2 Å². The normalized spacial score (nSPS) is 16.4. The molecule has 1 fully saturated rings. The summed E-state index contributed by atoms with van der Waals surface area (Å²) in [6, 6.07) is 15.0. The molecular weight excluding hydrogens is 440 g/mol. The molecule has 2 heterocycles. The molecule has 0 unspecified atom stereocenters. The molecule has 0 radical (unpaired) electrons. The van der Waals surface area contributed by atoms with E-state index >= 15 is 0 Å². The molecule has 0 aliphatic carbocycles. The van der Waals surface area contributed by atoms with Crippen LogP contribution in [0.3, 0.4) is 0 Å². The average Bonchev–Trinajstić information content (AvgIpc) is 3.29. The molecule has 2 aromatic carbocycles. The lowest BCUT2D eigenvalue weighted by Gasteiger charge is -2.16. The third-order valence-electron chi connectivity index (χ3n) is 4.57. The number of halogens is 1. The first kappa shape index (κ1) is 18.8.